The van der Waals surface area contributed by atoms with Crippen molar-refractivity contribution in [3.63, 3.8) is 0 Å². The van der Waals surface area contributed by atoms with Crippen LogP contribution in [0.25, 0.3) is 0 Å². The number of Topliss-reactive ketones (excluding diaryl/α,β-unsaturated/α-hetero) is 1. The molecule has 0 bridgehead atoms. The number of likely N-dealkylation sites (N-methyl/N-ethyl adjacent to an activating group) is 1. The fraction of sp³-hybridized carbons (Fsp3) is 0.412. The van der Waals surface area contributed by atoms with Crippen LogP contribution in [0, 0.1) is 0 Å². The molecule has 0 unspecified atom stereocenters. The summed E-state index contributed by atoms with van der Waals surface area (Å²) in [6, 6.07) is 6.60. The summed E-state index contributed by atoms with van der Waals surface area (Å²) >= 11 is 0. The molecule has 6 heteroatoms. The average molecular weight is 318 g/mol. The number of carbonyl (C=O) groups excluding carboxylic acids is 2. The van der Waals surface area contributed by atoms with Gasteiger partial charge in [0, 0.05) is 13.1 Å². The highest BCUT2D eigenvalue weighted by atomic mass is 16.5. The second-order valence-electron chi connectivity index (χ2n) is 5.80. The van der Waals surface area contributed by atoms with E-state index in [1.54, 1.807) is 31.4 Å². The molecule has 1 aromatic rings. The van der Waals surface area contributed by atoms with E-state index in [-0.39, 0.29) is 11.4 Å². The molecule has 1 aliphatic heterocycles. The molecule has 0 spiro atoms. The van der Waals surface area contributed by atoms with E-state index in [2.05, 4.69) is 0 Å². The van der Waals surface area contributed by atoms with Crippen LogP contribution in [0.15, 0.2) is 35.6 Å². The van der Waals surface area contributed by atoms with E-state index >= 15 is 0 Å². The Hall–Kier alpha value is -2.34. The molecule has 0 radical (unpaired) electrons. The van der Waals surface area contributed by atoms with E-state index in [9.17, 15) is 14.7 Å². The number of aliphatic hydroxyl groups excluding tert-OH is 1. The quantitative estimate of drug-likeness (QED) is 0.861. The Kier molecular flexibility index (Phi) is 5.05. The fourth-order valence-electron chi connectivity index (χ4n) is 2.68. The van der Waals surface area contributed by atoms with Crippen LogP contribution in [0.5, 0.6) is 5.75 Å². The van der Waals surface area contributed by atoms with Gasteiger partial charge in [-0.15, -0.1) is 0 Å². The molecule has 1 amide bonds. The van der Waals surface area contributed by atoms with Gasteiger partial charge in [-0.05, 0) is 38.7 Å². The normalized spacial score (nSPS) is 18.0. The second kappa shape index (κ2) is 6.83. The number of nitrogens with zero attached hydrogens (tertiary/aromatic N) is 2. The standard InChI is InChI=1S/C17H22N2O4/c1-11(20)14-15(12-5-7-13(23-4)8-6-12)19(10-9-18(2)3)17(22)16(14)21/h5-8,15,21H,9-10H2,1-4H3/t15-/m0/s1. The molecular formula is C17H22N2O4. The fourth-order valence-corrected chi connectivity index (χ4v) is 2.68. The van der Waals surface area contributed by atoms with Crippen molar-refractivity contribution in [1.29, 1.82) is 0 Å². The molecule has 0 fully saturated rings. The zero-order chi connectivity index (χ0) is 17.1. The van der Waals surface area contributed by atoms with Gasteiger partial charge in [0.2, 0.25) is 0 Å². The Balaban J connectivity index is 2.42. The lowest BCUT2D eigenvalue weighted by Gasteiger charge is -2.27. The smallest absolute Gasteiger partial charge is 0.290 e. The summed E-state index contributed by atoms with van der Waals surface area (Å²) in [4.78, 5) is 27.8. The first kappa shape index (κ1) is 17.0. The van der Waals surface area contributed by atoms with Crippen LogP contribution >= 0.6 is 0 Å². The number of hydrogen-bond acceptors (Lipinski definition) is 5. The Bertz CT molecular complexity index is 634. The summed E-state index contributed by atoms with van der Waals surface area (Å²) in [5.74, 6) is -0.561. The van der Waals surface area contributed by atoms with Crippen LogP contribution < -0.4 is 4.74 Å². The van der Waals surface area contributed by atoms with Gasteiger partial charge in [0.05, 0.1) is 18.7 Å². The van der Waals surface area contributed by atoms with Gasteiger partial charge in [0.1, 0.15) is 5.75 Å². The molecule has 124 valence electrons. The van der Waals surface area contributed by atoms with E-state index in [0.717, 1.165) is 5.56 Å². The van der Waals surface area contributed by atoms with Crippen LogP contribution in [0.3, 0.4) is 0 Å². The van der Waals surface area contributed by atoms with Crippen molar-refractivity contribution in [3.8, 4) is 5.75 Å². The Morgan fingerprint density at radius 2 is 1.91 bits per heavy atom. The Morgan fingerprint density at radius 1 is 1.30 bits per heavy atom. The van der Waals surface area contributed by atoms with E-state index in [4.69, 9.17) is 4.74 Å². The number of aliphatic hydroxyl groups is 1. The van der Waals surface area contributed by atoms with E-state index < -0.39 is 17.7 Å². The SMILES string of the molecule is COc1ccc([C@H]2C(C(C)=O)=C(O)C(=O)N2CCN(C)C)cc1. The third kappa shape index (κ3) is 3.37. The van der Waals surface area contributed by atoms with Crippen molar-refractivity contribution in [1.82, 2.24) is 9.80 Å². The molecule has 0 aromatic heterocycles. The first-order valence-electron chi connectivity index (χ1n) is 7.40. The van der Waals surface area contributed by atoms with Crippen LogP contribution in [0.1, 0.15) is 18.5 Å². The van der Waals surface area contributed by atoms with E-state index in [1.165, 1.54) is 11.8 Å². The summed E-state index contributed by atoms with van der Waals surface area (Å²) in [6.07, 6.45) is 0. The average Bonchev–Trinajstić information content (AvgIpc) is 2.77. The van der Waals surface area contributed by atoms with Crippen LogP contribution in [0.2, 0.25) is 0 Å². The van der Waals surface area contributed by atoms with Crippen molar-refractivity contribution >= 4 is 11.7 Å². The minimum atomic E-state index is -0.564. The van der Waals surface area contributed by atoms with Gasteiger partial charge in [0.15, 0.2) is 11.5 Å². The molecule has 0 aliphatic carbocycles. The first-order valence-corrected chi connectivity index (χ1v) is 7.40. The number of methoxy groups -OCH3 is 1. The van der Waals surface area contributed by atoms with Gasteiger partial charge in [0.25, 0.3) is 5.91 Å². The maximum atomic E-state index is 12.4. The summed E-state index contributed by atoms with van der Waals surface area (Å²) in [7, 11) is 5.38. The summed E-state index contributed by atoms with van der Waals surface area (Å²) in [5, 5.41) is 10.1. The molecule has 1 heterocycles. The number of ketones is 1. The topological polar surface area (TPSA) is 70.1 Å². The third-order valence-corrected chi connectivity index (χ3v) is 3.90. The first-order chi connectivity index (χ1) is 10.9. The molecular weight excluding hydrogens is 296 g/mol. The molecule has 1 aliphatic rings. The van der Waals surface area contributed by atoms with E-state index in [0.29, 0.717) is 18.8 Å². The molecule has 6 nitrogen and oxygen atoms in total. The predicted molar refractivity (Wildman–Crippen MR) is 86.3 cm³/mol. The molecule has 2 rings (SSSR count). The second-order valence-corrected chi connectivity index (χ2v) is 5.80. The Morgan fingerprint density at radius 3 is 2.39 bits per heavy atom. The Labute approximate surface area is 136 Å². The number of hydrogen-bond donors (Lipinski definition) is 1. The lowest BCUT2D eigenvalue weighted by molar-refractivity contribution is -0.129. The van der Waals surface area contributed by atoms with Crippen molar-refractivity contribution in [3.05, 3.63) is 41.2 Å². The van der Waals surface area contributed by atoms with E-state index in [1.807, 2.05) is 19.0 Å². The van der Waals surface area contributed by atoms with Gasteiger partial charge in [-0.25, -0.2) is 0 Å². The minimum Gasteiger partial charge on any atom is -0.503 e. The molecule has 0 saturated carbocycles. The monoisotopic (exact) mass is 318 g/mol. The molecule has 0 saturated heterocycles. The molecule has 1 aromatic carbocycles. The van der Waals surface area contributed by atoms with Crippen molar-refractivity contribution in [2.75, 3.05) is 34.3 Å². The zero-order valence-corrected chi connectivity index (χ0v) is 13.9. The van der Waals surface area contributed by atoms with Gasteiger partial charge in [-0.3, -0.25) is 9.59 Å². The highest BCUT2D eigenvalue weighted by molar-refractivity contribution is 6.08. The largest absolute Gasteiger partial charge is 0.503 e. The van der Waals surface area contributed by atoms with Gasteiger partial charge in [-0.2, -0.15) is 0 Å². The van der Waals surface area contributed by atoms with Crippen LogP contribution in [0.4, 0.5) is 0 Å². The van der Waals surface area contributed by atoms with Crippen molar-refractivity contribution in [2.45, 2.75) is 13.0 Å². The van der Waals surface area contributed by atoms with Gasteiger partial charge >= 0.3 is 0 Å². The third-order valence-electron chi connectivity index (χ3n) is 3.90. The number of amides is 1. The predicted octanol–water partition coefficient (Wildman–Crippen LogP) is 1.54. The van der Waals surface area contributed by atoms with Crippen molar-refractivity contribution in [2.24, 2.45) is 0 Å². The number of rotatable bonds is 6. The molecule has 23 heavy (non-hydrogen) atoms. The number of benzene rings is 1. The molecule has 1 N–H and O–H groups in total. The minimum absolute atomic E-state index is 0.152. The van der Waals surface area contributed by atoms with Crippen molar-refractivity contribution < 1.29 is 19.4 Å². The number of carbonyl (C=O) groups is 2. The lowest BCUT2D eigenvalue weighted by Crippen LogP contribution is -2.36. The highest BCUT2D eigenvalue weighted by Gasteiger charge is 2.42. The zero-order valence-electron chi connectivity index (χ0n) is 13.9. The maximum Gasteiger partial charge on any atom is 0.290 e. The van der Waals surface area contributed by atoms with Crippen LogP contribution in [-0.2, 0) is 9.59 Å². The number of ether oxygens (including phenoxy) is 1. The van der Waals surface area contributed by atoms with Gasteiger partial charge in [-0.1, -0.05) is 12.1 Å². The lowest BCUT2D eigenvalue weighted by atomic mass is 9.96. The summed E-state index contributed by atoms with van der Waals surface area (Å²) in [5.41, 5.74) is 0.922. The maximum absolute atomic E-state index is 12.4. The summed E-state index contributed by atoms with van der Waals surface area (Å²) in [6.45, 7) is 2.42. The van der Waals surface area contributed by atoms with Gasteiger partial charge < -0.3 is 19.6 Å². The van der Waals surface area contributed by atoms with Crippen LogP contribution in [-0.4, -0.2) is 60.9 Å². The highest BCUT2D eigenvalue weighted by Crippen LogP contribution is 2.37. The summed E-state index contributed by atoms with van der Waals surface area (Å²) < 4.78 is 5.14. The molecule has 1 atom stereocenters.